The summed E-state index contributed by atoms with van der Waals surface area (Å²) in [5.74, 6) is -0.863. The third kappa shape index (κ3) is 2.45. The molecule has 22 heavy (non-hydrogen) atoms. The Labute approximate surface area is 137 Å². The molecule has 7 heteroatoms. The van der Waals surface area contributed by atoms with Crippen molar-refractivity contribution < 1.29 is 4.39 Å². The lowest BCUT2D eigenvalue weighted by Crippen LogP contribution is -2.20. The molecule has 0 unspecified atom stereocenters. The minimum atomic E-state index is -0.863. The smallest absolute Gasteiger partial charge is 0.265 e. The maximum Gasteiger partial charge on any atom is 0.295 e. The number of thiazole rings is 1. The summed E-state index contributed by atoms with van der Waals surface area (Å²) >= 11 is 4.60. The van der Waals surface area contributed by atoms with Gasteiger partial charge in [0.1, 0.15) is 4.60 Å². The highest BCUT2D eigenvalue weighted by Crippen LogP contribution is 2.25. The van der Waals surface area contributed by atoms with Gasteiger partial charge in [-0.15, -0.1) is 11.3 Å². The molecule has 0 radical (unpaired) electrons. The van der Waals surface area contributed by atoms with Crippen molar-refractivity contribution in [1.82, 2.24) is 9.38 Å². The molecule has 0 saturated carbocycles. The van der Waals surface area contributed by atoms with Crippen LogP contribution in [0.1, 0.15) is 21.7 Å². The maximum atomic E-state index is 14.3. The van der Waals surface area contributed by atoms with Gasteiger partial charge in [-0.2, -0.15) is 9.65 Å². The van der Waals surface area contributed by atoms with E-state index in [0.29, 0.717) is 15.1 Å². The van der Waals surface area contributed by atoms with Crippen LogP contribution in [0.25, 0.3) is 4.96 Å². The predicted octanol–water partition coefficient (Wildman–Crippen LogP) is 3.43. The summed E-state index contributed by atoms with van der Waals surface area (Å²) < 4.78 is 16.1. The highest BCUT2D eigenvalue weighted by molar-refractivity contribution is 9.10. The fourth-order valence-corrected chi connectivity index (χ4v) is 3.72. The van der Waals surface area contributed by atoms with E-state index in [1.807, 2.05) is 13.0 Å². The summed E-state index contributed by atoms with van der Waals surface area (Å²) in [7, 11) is 0. The first-order chi connectivity index (χ1) is 10.5. The fraction of sp³-hybridized carbons (Fsp3) is 0.133. The van der Waals surface area contributed by atoms with E-state index in [1.54, 1.807) is 24.3 Å². The summed E-state index contributed by atoms with van der Waals surface area (Å²) in [6.07, 6.45) is 0.168. The monoisotopic (exact) mass is 377 g/mol. The van der Waals surface area contributed by atoms with Crippen molar-refractivity contribution in [2.75, 3.05) is 0 Å². The van der Waals surface area contributed by atoms with Crippen LogP contribution in [0.2, 0.25) is 0 Å². The Kier molecular flexibility index (Phi) is 3.81. The first-order valence-corrected chi connectivity index (χ1v) is 7.97. The number of fused-ring (bicyclic) bond motifs is 1. The van der Waals surface area contributed by atoms with Crippen LogP contribution >= 0.6 is 27.3 Å². The van der Waals surface area contributed by atoms with Gasteiger partial charge in [-0.05, 0) is 40.5 Å². The molecule has 2 heterocycles. The molecular weight excluding hydrogens is 369 g/mol. The van der Waals surface area contributed by atoms with Crippen molar-refractivity contribution >= 4 is 32.2 Å². The standard InChI is InChI=1S/C15H9BrFN3OS/c1-8-13(16)20-14(21)12(17)11(19-15(20)22-8)6-9-3-2-4-10(5-9)7-18/h2-5H,6H2,1H3. The van der Waals surface area contributed by atoms with Crippen LogP contribution in [0.15, 0.2) is 33.7 Å². The molecule has 0 fully saturated rings. The highest BCUT2D eigenvalue weighted by atomic mass is 79.9. The molecule has 3 rings (SSSR count). The summed E-state index contributed by atoms with van der Waals surface area (Å²) in [6, 6.07) is 8.87. The average molecular weight is 378 g/mol. The Morgan fingerprint density at radius 1 is 1.50 bits per heavy atom. The topological polar surface area (TPSA) is 58.2 Å². The number of aromatic nitrogens is 2. The van der Waals surface area contributed by atoms with Gasteiger partial charge in [-0.3, -0.25) is 4.79 Å². The zero-order chi connectivity index (χ0) is 15.9. The van der Waals surface area contributed by atoms with E-state index in [4.69, 9.17) is 5.26 Å². The third-order valence-electron chi connectivity index (χ3n) is 3.22. The molecular formula is C15H9BrFN3OS. The highest BCUT2D eigenvalue weighted by Gasteiger charge is 2.17. The van der Waals surface area contributed by atoms with Gasteiger partial charge in [0, 0.05) is 11.3 Å². The van der Waals surface area contributed by atoms with Crippen molar-refractivity contribution in [2.24, 2.45) is 0 Å². The SMILES string of the molecule is Cc1sc2nc(Cc3cccc(C#N)c3)c(F)c(=O)n2c1Br. The first-order valence-electron chi connectivity index (χ1n) is 6.36. The lowest BCUT2D eigenvalue weighted by Gasteiger charge is -2.04. The number of nitriles is 1. The van der Waals surface area contributed by atoms with Crippen molar-refractivity contribution in [3.8, 4) is 6.07 Å². The van der Waals surface area contributed by atoms with Gasteiger partial charge in [0.15, 0.2) is 4.96 Å². The number of aryl methyl sites for hydroxylation is 1. The van der Waals surface area contributed by atoms with Gasteiger partial charge in [-0.1, -0.05) is 12.1 Å². The number of hydrogen-bond donors (Lipinski definition) is 0. The zero-order valence-corrected chi connectivity index (χ0v) is 13.8. The molecule has 0 amide bonds. The normalized spacial score (nSPS) is 10.8. The summed E-state index contributed by atoms with van der Waals surface area (Å²) in [4.78, 5) is 17.7. The van der Waals surface area contributed by atoms with Crippen molar-refractivity contribution in [3.05, 3.63) is 66.7 Å². The van der Waals surface area contributed by atoms with Crippen LogP contribution in [-0.2, 0) is 6.42 Å². The van der Waals surface area contributed by atoms with Gasteiger partial charge in [0.25, 0.3) is 5.56 Å². The van der Waals surface area contributed by atoms with Crippen LogP contribution < -0.4 is 5.56 Å². The van der Waals surface area contributed by atoms with Crippen LogP contribution in [0, 0.1) is 24.1 Å². The minimum absolute atomic E-state index is 0.0915. The van der Waals surface area contributed by atoms with Crippen molar-refractivity contribution in [3.63, 3.8) is 0 Å². The van der Waals surface area contributed by atoms with E-state index >= 15 is 0 Å². The van der Waals surface area contributed by atoms with Crippen molar-refractivity contribution in [2.45, 2.75) is 13.3 Å². The van der Waals surface area contributed by atoms with E-state index in [2.05, 4.69) is 20.9 Å². The van der Waals surface area contributed by atoms with Gasteiger partial charge in [0.2, 0.25) is 5.82 Å². The molecule has 0 atom stereocenters. The lowest BCUT2D eigenvalue weighted by atomic mass is 10.1. The summed E-state index contributed by atoms with van der Waals surface area (Å²) in [5, 5.41) is 8.90. The van der Waals surface area contributed by atoms with Crippen LogP contribution in [0.3, 0.4) is 0 Å². The number of hydrogen-bond acceptors (Lipinski definition) is 4. The Hall–Kier alpha value is -2.04. The van der Waals surface area contributed by atoms with E-state index in [0.717, 1.165) is 10.4 Å². The molecule has 2 aromatic heterocycles. The van der Waals surface area contributed by atoms with Gasteiger partial charge >= 0.3 is 0 Å². The molecule has 3 aromatic rings. The molecule has 0 bridgehead atoms. The maximum absolute atomic E-state index is 14.3. The van der Waals surface area contributed by atoms with E-state index in [-0.39, 0.29) is 12.1 Å². The Morgan fingerprint density at radius 3 is 3.00 bits per heavy atom. The molecule has 1 aromatic carbocycles. The van der Waals surface area contributed by atoms with Crippen LogP contribution in [-0.4, -0.2) is 9.38 Å². The molecule has 0 aliphatic heterocycles. The van der Waals surface area contributed by atoms with Gasteiger partial charge < -0.3 is 0 Å². The molecule has 0 N–H and O–H groups in total. The molecule has 0 spiro atoms. The Morgan fingerprint density at radius 2 is 2.27 bits per heavy atom. The average Bonchev–Trinajstić information content (AvgIpc) is 2.79. The first kappa shape index (κ1) is 14.9. The third-order valence-corrected chi connectivity index (χ3v) is 5.39. The minimum Gasteiger partial charge on any atom is -0.265 e. The number of nitrogens with zero attached hydrogens (tertiary/aromatic N) is 3. The van der Waals surface area contributed by atoms with Crippen molar-refractivity contribution in [1.29, 1.82) is 5.26 Å². The van der Waals surface area contributed by atoms with Gasteiger partial charge in [0.05, 0.1) is 17.3 Å². The van der Waals surface area contributed by atoms with Gasteiger partial charge in [-0.25, -0.2) is 9.38 Å². The molecule has 0 aliphatic rings. The zero-order valence-electron chi connectivity index (χ0n) is 11.4. The molecule has 110 valence electrons. The molecule has 0 aliphatic carbocycles. The predicted molar refractivity (Wildman–Crippen MR) is 85.7 cm³/mol. The fourth-order valence-electron chi connectivity index (χ4n) is 2.16. The second-order valence-corrected chi connectivity index (χ2v) is 6.67. The molecule has 4 nitrogen and oxygen atoms in total. The lowest BCUT2D eigenvalue weighted by molar-refractivity contribution is 0.580. The Balaban J connectivity index is 2.13. The van der Waals surface area contributed by atoms with E-state index < -0.39 is 11.4 Å². The summed E-state index contributed by atoms with van der Waals surface area (Å²) in [6.45, 7) is 1.83. The largest absolute Gasteiger partial charge is 0.295 e. The van der Waals surface area contributed by atoms with Crippen LogP contribution in [0.4, 0.5) is 4.39 Å². The van der Waals surface area contributed by atoms with E-state index in [9.17, 15) is 9.18 Å². The number of rotatable bonds is 2. The number of halogens is 2. The quantitative estimate of drug-likeness (QED) is 0.687. The van der Waals surface area contributed by atoms with Crippen LogP contribution in [0.5, 0.6) is 0 Å². The number of benzene rings is 1. The second kappa shape index (κ2) is 5.63. The second-order valence-electron chi connectivity index (χ2n) is 4.73. The molecule has 0 saturated heterocycles. The Bertz CT molecular complexity index is 987. The summed E-state index contributed by atoms with van der Waals surface area (Å²) in [5.41, 5.74) is 0.605. The van der Waals surface area contributed by atoms with E-state index in [1.165, 1.54) is 15.7 Å².